The van der Waals surface area contributed by atoms with Gasteiger partial charge in [-0.15, -0.1) is 24.0 Å². The Balaban J connectivity index is 0.00000484. The number of hydrogen-bond acceptors (Lipinski definition) is 3. The fraction of sp³-hybridized carbons (Fsp3) is 0.941. The molecule has 2 atom stereocenters. The van der Waals surface area contributed by atoms with E-state index >= 15 is 0 Å². The van der Waals surface area contributed by atoms with Crippen LogP contribution >= 0.6 is 24.0 Å². The van der Waals surface area contributed by atoms with Crippen LogP contribution in [-0.2, 0) is 9.47 Å². The summed E-state index contributed by atoms with van der Waals surface area (Å²) in [4.78, 5) is 4.77. The lowest BCUT2D eigenvalue weighted by molar-refractivity contribution is -0.0823. The van der Waals surface area contributed by atoms with Gasteiger partial charge in [0, 0.05) is 45.9 Å². The van der Waals surface area contributed by atoms with Crippen LogP contribution in [0.4, 0.5) is 0 Å². The van der Waals surface area contributed by atoms with Crippen molar-refractivity contribution in [3.05, 3.63) is 0 Å². The highest BCUT2D eigenvalue weighted by molar-refractivity contribution is 14.0. The average molecular weight is 441 g/mol. The first-order valence-electron chi connectivity index (χ1n) is 8.61. The van der Waals surface area contributed by atoms with Crippen LogP contribution in [-0.4, -0.2) is 52.0 Å². The Labute approximate surface area is 159 Å². The standard InChI is InChI=1S/C17H35N3O2.HI/c1-6-18-16(19-10-8-11-21-5)20-13-14-9-7-12-22-15(14)17(2,3)4;/h14-15H,6-13H2,1-5H3,(H2,18,19,20);1H. The molecular weight excluding hydrogens is 405 g/mol. The van der Waals surface area contributed by atoms with E-state index in [0.717, 1.165) is 51.6 Å². The maximum atomic E-state index is 6.03. The Morgan fingerprint density at radius 2 is 2.04 bits per heavy atom. The molecule has 1 saturated heterocycles. The molecule has 2 N–H and O–H groups in total. The van der Waals surface area contributed by atoms with Crippen LogP contribution in [0.1, 0.15) is 47.0 Å². The largest absolute Gasteiger partial charge is 0.385 e. The van der Waals surface area contributed by atoms with Crippen LogP contribution in [0.3, 0.4) is 0 Å². The molecule has 1 aliphatic rings. The van der Waals surface area contributed by atoms with Gasteiger partial charge in [-0.25, -0.2) is 0 Å². The number of nitrogens with one attached hydrogen (secondary N) is 2. The van der Waals surface area contributed by atoms with Crippen LogP contribution < -0.4 is 10.6 Å². The fourth-order valence-corrected chi connectivity index (χ4v) is 2.96. The summed E-state index contributed by atoms with van der Waals surface area (Å²) in [6.45, 7) is 13.1. The highest BCUT2D eigenvalue weighted by Gasteiger charge is 2.35. The number of nitrogens with zero attached hydrogens (tertiary/aromatic N) is 1. The van der Waals surface area contributed by atoms with E-state index in [2.05, 4.69) is 38.3 Å². The summed E-state index contributed by atoms with van der Waals surface area (Å²) < 4.78 is 11.1. The molecule has 138 valence electrons. The topological polar surface area (TPSA) is 54.9 Å². The van der Waals surface area contributed by atoms with Crippen LogP contribution in [0.2, 0.25) is 0 Å². The SMILES string of the molecule is CCNC(=NCC1CCCOC1C(C)(C)C)NCCCOC.I. The molecule has 23 heavy (non-hydrogen) atoms. The molecule has 0 aromatic heterocycles. The first-order chi connectivity index (χ1) is 10.5. The van der Waals surface area contributed by atoms with Gasteiger partial charge < -0.3 is 20.1 Å². The van der Waals surface area contributed by atoms with E-state index < -0.39 is 0 Å². The molecule has 2 unspecified atom stereocenters. The third kappa shape index (κ3) is 9.10. The van der Waals surface area contributed by atoms with Crippen molar-refractivity contribution in [2.75, 3.05) is 40.0 Å². The molecule has 0 amide bonds. The van der Waals surface area contributed by atoms with Crippen molar-refractivity contribution in [1.82, 2.24) is 10.6 Å². The lowest BCUT2D eigenvalue weighted by Gasteiger charge is -2.39. The molecule has 1 aliphatic heterocycles. The van der Waals surface area contributed by atoms with E-state index in [1.807, 2.05) is 0 Å². The lowest BCUT2D eigenvalue weighted by atomic mass is 9.78. The van der Waals surface area contributed by atoms with Crippen molar-refractivity contribution in [2.45, 2.75) is 53.1 Å². The van der Waals surface area contributed by atoms with Gasteiger partial charge in [-0.3, -0.25) is 4.99 Å². The van der Waals surface area contributed by atoms with Gasteiger partial charge in [0.1, 0.15) is 0 Å². The van der Waals surface area contributed by atoms with E-state index in [0.29, 0.717) is 12.0 Å². The van der Waals surface area contributed by atoms with Gasteiger partial charge in [-0.2, -0.15) is 0 Å². The first-order valence-corrected chi connectivity index (χ1v) is 8.61. The lowest BCUT2D eigenvalue weighted by Crippen LogP contribution is -2.43. The third-order valence-electron chi connectivity index (χ3n) is 3.94. The number of methoxy groups -OCH3 is 1. The molecule has 1 rings (SSSR count). The summed E-state index contributed by atoms with van der Waals surface area (Å²) in [5, 5.41) is 6.68. The minimum Gasteiger partial charge on any atom is -0.385 e. The molecular formula is C17H36IN3O2. The van der Waals surface area contributed by atoms with E-state index in [9.17, 15) is 0 Å². The van der Waals surface area contributed by atoms with Crippen molar-refractivity contribution in [3.63, 3.8) is 0 Å². The number of rotatable bonds is 7. The van der Waals surface area contributed by atoms with Crippen LogP contribution in [0.25, 0.3) is 0 Å². The molecule has 0 bridgehead atoms. The number of ether oxygens (including phenoxy) is 2. The Morgan fingerprint density at radius 3 is 2.65 bits per heavy atom. The highest BCUT2D eigenvalue weighted by Crippen LogP contribution is 2.34. The Kier molecular flexibility index (Phi) is 12.3. The zero-order valence-electron chi connectivity index (χ0n) is 15.5. The summed E-state index contributed by atoms with van der Waals surface area (Å²) in [6, 6.07) is 0. The molecule has 0 aliphatic carbocycles. The van der Waals surface area contributed by atoms with E-state index in [4.69, 9.17) is 14.5 Å². The zero-order chi connectivity index (χ0) is 16.4. The number of aliphatic imine (C=N–C) groups is 1. The molecule has 6 heteroatoms. The zero-order valence-corrected chi connectivity index (χ0v) is 17.8. The van der Waals surface area contributed by atoms with E-state index in [-0.39, 0.29) is 29.4 Å². The monoisotopic (exact) mass is 441 g/mol. The Bertz CT molecular complexity index is 332. The van der Waals surface area contributed by atoms with E-state index in [1.165, 1.54) is 6.42 Å². The fourth-order valence-electron chi connectivity index (χ4n) is 2.96. The van der Waals surface area contributed by atoms with Crippen molar-refractivity contribution in [2.24, 2.45) is 16.3 Å². The summed E-state index contributed by atoms with van der Waals surface area (Å²) in [6.07, 6.45) is 3.62. The van der Waals surface area contributed by atoms with Gasteiger partial charge in [0.05, 0.1) is 6.10 Å². The first kappa shape index (κ1) is 22.9. The minimum absolute atomic E-state index is 0. The predicted molar refractivity (Wildman–Crippen MR) is 108 cm³/mol. The third-order valence-corrected chi connectivity index (χ3v) is 3.94. The summed E-state index contributed by atoms with van der Waals surface area (Å²) in [5.41, 5.74) is 0.171. The summed E-state index contributed by atoms with van der Waals surface area (Å²) in [7, 11) is 1.73. The van der Waals surface area contributed by atoms with Crippen LogP contribution in [0.5, 0.6) is 0 Å². The van der Waals surface area contributed by atoms with Crippen molar-refractivity contribution in [1.29, 1.82) is 0 Å². The molecule has 0 aromatic rings. The van der Waals surface area contributed by atoms with Gasteiger partial charge in [-0.05, 0) is 31.6 Å². The minimum atomic E-state index is 0. The molecule has 5 nitrogen and oxygen atoms in total. The van der Waals surface area contributed by atoms with Crippen molar-refractivity contribution >= 4 is 29.9 Å². The normalized spacial score (nSPS) is 22.4. The number of guanidine groups is 1. The van der Waals surface area contributed by atoms with Gasteiger partial charge >= 0.3 is 0 Å². The second-order valence-electron chi connectivity index (χ2n) is 7.05. The molecule has 0 radical (unpaired) electrons. The van der Waals surface area contributed by atoms with Gasteiger partial charge in [0.2, 0.25) is 0 Å². The summed E-state index contributed by atoms with van der Waals surface area (Å²) in [5.74, 6) is 1.40. The highest BCUT2D eigenvalue weighted by atomic mass is 127. The van der Waals surface area contributed by atoms with E-state index in [1.54, 1.807) is 7.11 Å². The van der Waals surface area contributed by atoms with Crippen molar-refractivity contribution < 1.29 is 9.47 Å². The average Bonchev–Trinajstić information content (AvgIpc) is 2.48. The second-order valence-corrected chi connectivity index (χ2v) is 7.05. The second kappa shape index (κ2) is 12.3. The molecule has 1 fully saturated rings. The predicted octanol–water partition coefficient (Wildman–Crippen LogP) is 3.04. The number of halogens is 1. The quantitative estimate of drug-likeness (QED) is 0.276. The van der Waals surface area contributed by atoms with Crippen LogP contribution in [0, 0.1) is 11.3 Å². The summed E-state index contributed by atoms with van der Waals surface area (Å²) >= 11 is 0. The molecule has 0 saturated carbocycles. The number of hydrogen-bond donors (Lipinski definition) is 2. The molecule has 0 aromatic carbocycles. The maximum absolute atomic E-state index is 6.03. The van der Waals surface area contributed by atoms with Gasteiger partial charge in [0.15, 0.2) is 5.96 Å². The molecule has 0 spiro atoms. The molecule has 1 heterocycles. The smallest absolute Gasteiger partial charge is 0.191 e. The Morgan fingerprint density at radius 1 is 1.30 bits per heavy atom. The maximum Gasteiger partial charge on any atom is 0.191 e. The van der Waals surface area contributed by atoms with Gasteiger partial charge in [0.25, 0.3) is 0 Å². The van der Waals surface area contributed by atoms with Gasteiger partial charge in [-0.1, -0.05) is 20.8 Å². The van der Waals surface area contributed by atoms with Crippen LogP contribution in [0.15, 0.2) is 4.99 Å². The Hall–Kier alpha value is -0.0800. The van der Waals surface area contributed by atoms with Crippen molar-refractivity contribution in [3.8, 4) is 0 Å².